The normalized spacial score (nSPS) is 21.1. The summed E-state index contributed by atoms with van der Waals surface area (Å²) in [6.45, 7) is 0. The minimum atomic E-state index is -1.43. The quantitative estimate of drug-likeness (QED) is 0.373. The Morgan fingerprint density at radius 1 is 1.15 bits per heavy atom. The molecule has 106 valence electrons. The van der Waals surface area contributed by atoms with Crippen LogP contribution in [0.5, 0.6) is 0 Å². The summed E-state index contributed by atoms with van der Waals surface area (Å²) in [4.78, 5) is 12.4. The van der Waals surface area contributed by atoms with E-state index in [1.54, 1.807) is 12.1 Å². The number of carbonyl (C=O) groups is 1. The summed E-state index contributed by atoms with van der Waals surface area (Å²) in [5.74, 6) is -0.308. The third kappa shape index (κ3) is 2.60. The van der Waals surface area contributed by atoms with Gasteiger partial charge in [0, 0.05) is 16.8 Å². The number of allylic oxidation sites excluding steroid dienone is 2. The van der Waals surface area contributed by atoms with Gasteiger partial charge in [-0.1, -0.05) is 23.2 Å². The van der Waals surface area contributed by atoms with Crippen LogP contribution in [0.2, 0.25) is 0 Å². The van der Waals surface area contributed by atoms with Gasteiger partial charge in [-0.3, -0.25) is 4.79 Å². The summed E-state index contributed by atoms with van der Waals surface area (Å²) in [7, 11) is 0. The Morgan fingerprint density at radius 2 is 1.80 bits per heavy atom. The van der Waals surface area contributed by atoms with E-state index in [0.717, 1.165) is 0 Å². The maximum absolute atomic E-state index is 12.4. The lowest BCUT2D eigenvalue weighted by Gasteiger charge is -2.28. The Balaban J connectivity index is 2.41. The van der Waals surface area contributed by atoms with E-state index >= 15 is 0 Å². The summed E-state index contributed by atoms with van der Waals surface area (Å²) in [5.41, 5.74) is 24.4. The van der Waals surface area contributed by atoms with Crippen LogP contribution in [0, 0.1) is 0 Å². The molecule has 0 radical (unpaired) electrons. The Bertz CT molecular complexity index is 637. The fourth-order valence-corrected chi connectivity index (χ4v) is 2.33. The number of Topliss-reactive ketones (excluding diaryl/α,β-unsaturated/α-hetero) is 1. The molecule has 1 aromatic rings. The van der Waals surface area contributed by atoms with Crippen LogP contribution in [0.15, 0.2) is 41.6 Å². The molecule has 0 heterocycles. The second kappa shape index (κ2) is 5.01. The van der Waals surface area contributed by atoms with E-state index in [4.69, 9.17) is 46.1 Å². The van der Waals surface area contributed by atoms with Crippen LogP contribution in [0.3, 0.4) is 0 Å². The second-order valence-corrected chi connectivity index (χ2v) is 6.01. The number of carbonyl (C=O) groups excluding carboxylic acids is 1. The zero-order valence-electron chi connectivity index (χ0n) is 10.4. The number of ketones is 1. The van der Waals surface area contributed by atoms with Crippen molar-refractivity contribution in [3.8, 4) is 0 Å². The second-order valence-electron chi connectivity index (χ2n) is 4.57. The highest BCUT2D eigenvalue weighted by atomic mass is 35.5. The Hall–Kier alpha value is -1.69. The number of alkyl halides is 2. The summed E-state index contributed by atoms with van der Waals surface area (Å²) in [6, 6.07) is 3.84. The molecule has 5 nitrogen and oxygen atoms in total. The molecular weight excluding hydrogens is 299 g/mol. The van der Waals surface area contributed by atoms with E-state index in [1.165, 1.54) is 18.2 Å². The Kier molecular flexibility index (Phi) is 3.69. The van der Waals surface area contributed by atoms with E-state index in [9.17, 15) is 4.79 Å². The number of hydrogen-bond acceptors (Lipinski definition) is 5. The monoisotopic (exact) mass is 312 g/mol. The lowest BCUT2D eigenvalue weighted by molar-refractivity contribution is 0.103. The highest BCUT2D eigenvalue weighted by Crippen LogP contribution is 2.34. The van der Waals surface area contributed by atoms with E-state index in [0.29, 0.717) is 16.9 Å². The third-order valence-electron chi connectivity index (χ3n) is 3.06. The number of nitrogens with two attached hydrogens (primary N) is 4. The summed E-state index contributed by atoms with van der Waals surface area (Å²) < 4.78 is -1.43. The van der Waals surface area contributed by atoms with Gasteiger partial charge in [-0.2, -0.15) is 0 Å². The molecule has 0 aromatic heterocycles. The molecule has 7 heteroatoms. The summed E-state index contributed by atoms with van der Waals surface area (Å²) in [6.07, 6.45) is 2.84. The van der Waals surface area contributed by atoms with Crippen molar-refractivity contribution in [2.75, 3.05) is 11.5 Å². The van der Waals surface area contributed by atoms with E-state index in [1.807, 2.05) is 0 Å². The zero-order chi connectivity index (χ0) is 15.1. The van der Waals surface area contributed by atoms with Crippen molar-refractivity contribution >= 4 is 40.4 Å². The first-order chi connectivity index (χ1) is 9.22. The van der Waals surface area contributed by atoms with E-state index in [2.05, 4.69) is 0 Å². The van der Waals surface area contributed by atoms with Crippen LogP contribution >= 0.6 is 23.2 Å². The number of anilines is 2. The molecule has 1 aliphatic carbocycles. The predicted molar refractivity (Wildman–Crippen MR) is 82.4 cm³/mol. The fourth-order valence-electron chi connectivity index (χ4n) is 1.84. The van der Waals surface area contributed by atoms with Gasteiger partial charge in [-0.05, 0) is 30.4 Å². The lowest BCUT2D eigenvalue weighted by atomic mass is 9.93. The molecule has 20 heavy (non-hydrogen) atoms. The van der Waals surface area contributed by atoms with Crippen molar-refractivity contribution < 1.29 is 4.79 Å². The van der Waals surface area contributed by atoms with Crippen molar-refractivity contribution in [2.45, 2.75) is 10.4 Å². The smallest absolute Gasteiger partial charge is 0.192 e. The lowest BCUT2D eigenvalue weighted by Crippen LogP contribution is -2.44. The molecule has 1 aromatic carbocycles. The van der Waals surface area contributed by atoms with Gasteiger partial charge in [0.2, 0.25) is 0 Å². The average Bonchev–Trinajstić information content (AvgIpc) is 2.37. The van der Waals surface area contributed by atoms with Crippen LogP contribution in [-0.2, 0) is 0 Å². The fraction of sp³-hybridized carbons (Fsp3) is 0.154. The largest absolute Gasteiger partial charge is 0.401 e. The van der Waals surface area contributed by atoms with E-state index < -0.39 is 10.4 Å². The molecule has 1 atom stereocenters. The molecule has 0 fully saturated rings. The van der Waals surface area contributed by atoms with Crippen molar-refractivity contribution in [1.29, 1.82) is 0 Å². The molecule has 1 aliphatic rings. The molecule has 0 aliphatic heterocycles. The predicted octanol–water partition coefficient (Wildman–Crippen LogP) is 1.32. The molecule has 0 spiro atoms. The van der Waals surface area contributed by atoms with Gasteiger partial charge in [0.1, 0.15) is 0 Å². The van der Waals surface area contributed by atoms with Crippen LogP contribution < -0.4 is 22.9 Å². The van der Waals surface area contributed by atoms with Crippen LogP contribution in [0.1, 0.15) is 10.4 Å². The molecule has 8 N–H and O–H groups in total. The summed E-state index contributed by atoms with van der Waals surface area (Å²) in [5, 5.41) is 0. The molecule has 2 rings (SSSR count). The van der Waals surface area contributed by atoms with Gasteiger partial charge in [-0.15, -0.1) is 0 Å². The van der Waals surface area contributed by atoms with Crippen LogP contribution in [0.25, 0.3) is 0 Å². The van der Waals surface area contributed by atoms with Crippen LogP contribution in [0.4, 0.5) is 11.4 Å². The maximum atomic E-state index is 12.4. The van der Waals surface area contributed by atoms with Crippen LogP contribution in [-0.4, -0.2) is 16.2 Å². The Morgan fingerprint density at radius 3 is 2.35 bits per heavy atom. The first kappa shape index (κ1) is 14.7. The number of halogens is 2. The highest BCUT2D eigenvalue weighted by molar-refractivity contribution is 6.51. The first-order valence-corrected chi connectivity index (χ1v) is 6.51. The summed E-state index contributed by atoms with van der Waals surface area (Å²) >= 11 is 12.1. The van der Waals surface area contributed by atoms with Crippen molar-refractivity contribution in [1.82, 2.24) is 0 Å². The number of rotatable bonds is 2. The number of nitrogen functional groups attached to an aromatic ring is 2. The SMILES string of the molecule is NC1=CC(C(=O)c2ccc(N)c(N)c2)=CC(Cl)(Cl)C1N. The van der Waals surface area contributed by atoms with Gasteiger partial charge in [-0.25, -0.2) is 0 Å². The van der Waals surface area contributed by atoms with E-state index in [-0.39, 0.29) is 17.1 Å². The first-order valence-electron chi connectivity index (χ1n) is 5.75. The third-order valence-corrected chi connectivity index (χ3v) is 3.74. The number of benzene rings is 1. The topological polar surface area (TPSA) is 121 Å². The molecule has 0 saturated heterocycles. The molecular formula is C13H14Cl2N4O. The Labute approximate surface area is 126 Å². The van der Waals surface area contributed by atoms with Gasteiger partial charge in [0.05, 0.1) is 17.4 Å². The standard InChI is InChI=1S/C13H14Cl2N4O/c14-13(15)5-7(4-10(18)12(13)19)11(20)6-1-2-8(16)9(17)3-6/h1-5,12H,16-19H2. The maximum Gasteiger partial charge on any atom is 0.192 e. The highest BCUT2D eigenvalue weighted by Gasteiger charge is 2.36. The van der Waals surface area contributed by atoms with Gasteiger partial charge < -0.3 is 22.9 Å². The van der Waals surface area contributed by atoms with Crippen molar-refractivity contribution in [2.24, 2.45) is 11.5 Å². The van der Waals surface area contributed by atoms with Crippen molar-refractivity contribution in [3.05, 3.63) is 47.2 Å². The van der Waals surface area contributed by atoms with Gasteiger partial charge in [0.15, 0.2) is 10.1 Å². The average molecular weight is 313 g/mol. The minimum absolute atomic E-state index is 0.240. The number of hydrogen-bond donors (Lipinski definition) is 4. The molecule has 0 saturated carbocycles. The van der Waals surface area contributed by atoms with Crippen molar-refractivity contribution in [3.63, 3.8) is 0 Å². The minimum Gasteiger partial charge on any atom is -0.401 e. The zero-order valence-corrected chi connectivity index (χ0v) is 11.9. The molecule has 1 unspecified atom stereocenters. The van der Waals surface area contributed by atoms with Gasteiger partial charge in [0.25, 0.3) is 0 Å². The molecule has 0 amide bonds. The molecule has 0 bridgehead atoms. The van der Waals surface area contributed by atoms with Gasteiger partial charge >= 0.3 is 0 Å².